The fourth-order valence-electron chi connectivity index (χ4n) is 2.74. The Kier molecular flexibility index (Phi) is 3.84. The number of hydrogen-bond donors (Lipinski definition) is 4. The van der Waals surface area contributed by atoms with Crippen molar-refractivity contribution in [2.75, 3.05) is 0 Å². The third-order valence-electron chi connectivity index (χ3n) is 3.84. The van der Waals surface area contributed by atoms with Crippen LogP contribution < -0.4 is 4.74 Å². The molecule has 0 unspecified atom stereocenters. The van der Waals surface area contributed by atoms with E-state index in [1.165, 1.54) is 31.2 Å². The summed E-state index contributed by atoms with van der Waals surface area (Å²) >= 11 is 0. The highest BCUT2D eigenvalue weighted by Gasteiger charge is 2.36. The van der Waals surface area contributed by atoms with Crippen molar-refractivity contribution < 1.29 is 34.7 Å². The van der Waals surface area contributed by atoms with Crippen molar-refractivity contribution in [3.05, 3.63) is 41.5 Å². The number of carbonyl (C=O) groups is 1. The molecule has 24 heavy (non-hydrogen) atoms. The average Bonchev–Trinajstić information content (AvgIpc) is 2.53. The molecule has 1 aliphatic rings. The molecule has 0 aromatic heterocycles. The van der Waals surface area contributed by atoms with Crippen molar-refractivity contribution in [1.29, 1.82) is 0 Å². The highest BCUT2D eigenvalue weighted by molar-refractivity contribution is 5.66. The lowest BCUT2D eigenvalue weighted by molar-refractivity contribution is -0.152. The maximum atomic E-state index is 11.4. The van der Waals surface area contributed by atoms with E-state index in [9.17, 15) is 25.2 Å². The SMILES string of the molecule is CC(=O)O[C@H]1Cc2ccc(O)c(O)c2O[C@@H]1c1ccc(O)c(O)c1. The Morgan fingerprint density at radius 3 is 2.46 bits per heavy atom. The van der Waals surface area contributed by atoms with Gasteiger partial charge in [-0.2, -0.15) is 0 Å². The van der Waals surface area contributed by atoms with Gasteiger partial charge in [0.05, 0.1) is 0 Å². The number of phenols is 4. The molecule has 2 aromatic carbocycles. The van der Waals surface area contributed by atoms with Gasteiger partial charge in [0.1, 0.15) is 6.10 Å². The standard InChI is InChI=1S/C17H16O7/c1-8(18)23-14-7-10-3-5-12(20)15(22)17(10)24-16(14)9-2-4-11(19)13(21)6-9/h2-6,14,16,19-22H,7H2,1H3/t14-,16+/m0/s1. The molecule has 126 valence electrons. The van der Waals surface area contributed by atoms with Crippen LogP contribution in [0.25, 0.3) is 0 Å². The molecule has 4 N–H and O–H groups in total. The first kappa shape index (κ1) is 15.8. The minimum atomic E-state index is -0.819. The molecular weight excluding hydrogens is 316 g/mol. The maximum Gasteiger partial charge on any atom is 0.303 e. The zero-order valence-corrected chi connectivity index (χ0v) is 12.8. The molecule has 3 rings (SSSR count). The van der Waals surface area contributed by atoms with E-state index >= 15 is 0 Å². The van der Waals surface area contributed by atoms with Crippen molar-refractivity contribution in [2.24, 2.45) is 0 Å². The number of carbonyl (C=O) groups excluding carboxylic acids is 1. The Labute approximate surface area is 137 Å². The highest BCUT2D eigenvalue weighted by atomic mass is 16.6. The van der Waals surface area contributed by atoms with Crippen LogP contribution in [-0.4, -0.2) is 32.5 Å². The van der Waals surface area contributed by atoms with E-state index in [4.69, 9.17) is 9.47 Å². The average molecular weight is 332 g/mol. The van der Waals surface area contributed by atoms with Gasteiger partial charge in [0.15, 0.2) is 29.1 Å². The predicted molar refractivity (Wildman–Crippen MR) is 82.2 cm³/mol. The zero-order chi connectivity index (χ0) is 17.4. The monoisotopic (exact) mass is 332 g/mol. The molecule has 0 saturated carbocycles. The summed E-state index contributed by atoms with van der Waals surface area (Å²) in [5.74, 6) is -1.77. The summed E-state index contributed by atoms with van der Waals surface area (Å²) in [7, 11) is 0. The second-order valence-corrected chi connectivity index (χ2v) is 5.56. The van der Waals surface area contributed by atoms with E-state index in [2.05, 4.69) is 0 Å². The summed E-state index contributed by atoms with van der Waals surface area (Å²) in [6, 6.07) is 7.00. The Morgan fingerprint density at radius 1 is 1.08 bits per heavy atom. The molecule has 0 bridgehead atoms. The third kappa shape index (κ3) is 2.76. The van der Waals surface area contributed by atoms with Crippen LogP contribution in [0.1, 0.15) is 24.2 Å². The summed E-state index contributed by atoms with van der Waals surface area (Å²) in [6.07, 6.45) is -1.25. The molecule has 2 atom stereocenters. The van der Waals surface area contributed by atoms with E-state index in [0.717, 1.165) is 0 Å². The fourth-order valence-corrected chi connectivity index (χ4v) is 2.74. The van der Waals surface area contributed by atoms with Crippen LogP contribution in [0.2, 0.25) is 0 Å². The molecule has 0 radical (unpaired) electrons. The van der Waals surface area contributed by atoms with Crippen molar-refractivity contribution in [3.63, 3.8) is 0 Å². The first-order chi connectivity index (χ1) is 11.4. The fraction of sp³-hybridized carbons (Fsp3) is 0.235. The van der Waals surface area contributed by atoms with Gasteiger partial charge in [-0.3, -0.25) is 4.79 Å². The first-order valence-corrected chi connectivity index (χ1v) is 7.26. The first-order valence-electron chi connectivity index (χ1n) is 7.26. The maximum absolute atomic E-state index is 11.4. The minimum absolute atomic E-state index is 0.0935. The topological polar surface area (TPSA) is 116 Å². The van der Waals surface area contributed by atoms with Gasteiger partial charge < -0.3 is 29.9 Å². The number of benzene rings is 2. The van der Waals surface area contributed by atoms with Gasteiger partial charge in [0.2, 0.25) is 5.75 Å². The molecule has 0 saturated heterocycles. The highest BCUT2D eigenvalue weighted by Crippen LogP contribution is 2.46. The summed E-state index contributed by atoms with van der Waals surface area (Å²) in [5.41, 5.74) is 1.03. The van der Waals surface area contributed by atoms with Crippen molar-refractivity contribution in [3.8, 4) is 28.7 Å². The molecule has 2 aromatic rings. The summed E-state index contributed by atoms with van der Waals surface area (Å²) in [6.45, 7) is 1.27. The second kappa shape index (κ2) is 5.84. The van der Waals surface area contributed by atoms with Crippen LogP contribution in [0.3, 0.4) is 0 Å². The van der Waals surface area contributed by atoms with Gasteiger partial charge in [0.25, 0.3) is 0 Å². The van der Waals surface area contributed by atoms with Crippen molar-refractivity contribution in [1.82, 2.24) is 0 Å². The van der Waals surface area contributed by atoms with Crippen LogP contribution in [0.15, 0.2) is 30.3 Å². The van der Waals surface area contributed by atoms with Gasteiger partial charge in [-0.05, 0) is 18.2 Å². The second-order valence-electron chi connectivity index (χ2n) is 5.56. The summed E-state index contributed by atoms with van der Waals surface area (Å²) in [4.78, 5) is 11.4. The molecule has 0 amide bonds. The lowest BCUT2D eigenvalue weighted by Crippen LogP contribution is -2.34. The number of esters is 1. The molecule has 0 aliphatic carbocycles. The van der Waals surface area contributed by atoms with Gasteiger partial charge >= 0.3 is 5.97 Å². The zero-order valence-electron chi connectivity index (χ0n) is 12.8. The number of phenolic OH excluding ortho intramolecular Hbond substituents is 4. The van der Waals surface area contributed by atoms with Crippen LogP contribution in [0.5, 0.6) is 28.7 Å². The lowest BCUT2D eigenvalue weighted by atomic mass is 9.94. The van der Waals surface area contributed by atoms with Crippen molar-refractivity contribution >= 4 is 5.97 Å². The van der Waals surface area contributed by atoms with Gasteiger partial charge in [0, 0.05) is 24.5 Å². The number of hydrogen-bond acceptors (Lipinski definition) is 7. The molecule has 0 spiro atoms. The summed E-state index contributed by atoms with van der Waals surface area (Å²) in [5, 5.41) is 38.8. The predicted octanol–water partition coefficient (Wildman–Crippen LogP) is 2.12. The molecule has 0 fully saturated rings. The number of rotatable bonds is 2. The Morgan fingerprint density at radius 2 is 1.79 bits per heavy atom. The van der Waals surface area contributed by atoms with Gasteiger partial charge in [-0.15, -0.1) is 0 Å². The third-order valence-corrected chi connectivity index (χ3v) is 3.84. The van der Waals surface area contributed by atoms with Crippen LogP contribution in [0.4, 0.5) is 0 Å². The van der Waals surface area contributed by atoms with Crippen LogP contribution in [-0.2, 0) is 16.0 Å². The van der Waals surface area contributed by atoms with E-state index < -0.39 is 23.9 Å². The van der Waals surface area contributed by atoms with Gasteiger partial charge in [-0.25, -0.2) is 0 Å². The smallest absolute Gasteiger partial charge is 0.303 e. The van der Waals surface area contributed by atoms with E-state index in [1.54, 1.807) is 6.07 Å². The minimum Gasteiger partial charge on any atom is -0.504 e. The van der Waals surface area contributed by atoms with Crippen LogP contribution >= 0.6 is 0 Å². The molecule has 1 heterocycles. The number of ether oxygens (including phenoxy) is 2. The van der Waals surface area contributed by atoms with E-state index in [-0.39, 0.29) is 29.4 Å². The normalized spacial score (nSPS) is 19.2. The Bertz CT molecular complexity index is 800. The molecular formula is C17H16O7. The molecule has 7 heteroatoms. The number of aromatic hydroxyl groups is 4. The molecule has 1 aliphatic heterocycles. The Hall–Kier alpha value is -3.09. The van der Waals surface area contributed by atoms with Crippen LogP contribution in [0, 0.1) is 0 Å². The van der Waals surface area contributed by atoms with E-state index in [1.807, 2.05) is 0 Å². The van der Waals surface area contributed by atoms with E-state index in [0.29, 0.717) is 11.1 Å². The lowest BCUT2D eigenvalue weighted by Gasteiger charge is -2.33. The largest absolute Gasteiger partial charge is 0.504 e. The van der Waals surface area contributed by atoms with Gasteiger partial charge in [-0.1, -0.05) is 12.1 Å². The summed E-state index contributed by atoms with van der Waals surface area (Å²) < 4.78 is 11.1. The van der Waals surface area contributed by atoms with Crippen molar-refractivity contribution in [2.45, 2.75) is 25.6 Å². The Balaban J connectivity index is 2.05. The molecule has 7 nitrogen and oxygen atoms in total. The quantitative estimate of drug-likeness (QED) is 0.491. The number of fused-ring (bicyclic) bond motifs is 1.